The fraction of sp³-hybridized carbons (Fsp3) is 0.533. The molecule has 1 aromatic carbocycles. The Morgan fingerprint density at radius 3 is 2.50 bits per heavy atom. The summed E-state index contributed by atoms with van der Waals surface area (Å²) < 4.78 is 44.0. The Kier molecular flexibility index (Phi) is 7.52. The lowest BCUT2D eigenvalue weighted by molar-refractivity contribution is -0.137. The molecule has 2 N–H and O–H groups in total. The number of hydrogen-bond donors (Lipinski definition) is 2. The van der Waals surface area contributed by atoms with Gasteiger partial charge in [-0.2, -0.15) is 13.2 Å². The number of hydrogen-bond acceptors (Lipinski definition) is 3. The maximum Gasteiger partial charge on any atom is 0.416 e. The standard InChI is InChI=1S/C15H18BrF3N2O2.ClH/c1-23-9-14(2-4-20-5-3-14)13(22)21-12-7-10(15(17,18)19)6-11(16)8-12;/h6-8,20H,2-5,9H2,1H3,(H,21,22);1H. The molecule has 0 spiro atoms. The molecule has 1 aliphatic heterocycles. The number of piperidine rings is 1. The van der Waals surface area contributed by atoms with Crippen LogP contribution in [0.25, 0.3) is 0 Å². The summed E-state index contributed by atoms with van der Waals surface area (Å²) in [7, 11) is 1.51. The molecule has 0 bridgehead atoms. The Balaban J connectivity index is 0.00000288. The summed E-state index contributed by atoms with van der Waals surface area (Å²) in [4.78, 5) is 12.6. The number of nitrogens with one attached hydrogen (secondary N) is 2. The van der Waals surface area contributed by atoms with E-state index in [2.05, 4.69) is 26.6 Å². The third kappa shape index (κ3) is 5.08. The molecule has 0 atom stereocenters. The molecule has 1 aromatic rings. The van der Waals surface area contributed by atoms with Crippen molar-refractivity contribution in [2.45, 2.75) is 19.0 Å². The lowest BCUT2D eigenvalue weighted by Gasteiger charge is -2.35. The van der Waals surface area contributed by atoms with E-state index in [1.54, 1.807) is 0 Å². The molecule has 136 valence electrons. The Morgan fingerprint density at radius 1 is 1.33 bits per heavy atom. The van der Waals surface area contributed by atoms with Crippen LogP contribution in [0.3, 0.4) is 0 Å². The third-order valence-corrected chi connectivity index (χ3v) is 4.40. The SMILES string of the molecule is COCC1(C(=O)Nc2cc(Br)cc(C(F)(F)F)c2)CCNCC1.Cl. The van der Waals surface area contributed by atoms with Gasteiger partial charge in [-0.1, -0.05) is 15.9 Å². The van der Waals surface area contributed by atoms with E-state index in [-0.39, 0.29) is 35.1 Å². The first kappa shape index (κ1) is 21.2. The fourth-order valence-corrected chi connectivity index (χ4v) is 3.20. The van der Waals surface area contributed by atoms with Crippen LogP contribution in [0.15, 0.2) is 22.7 Å². The minimum absolute atomic E-state index is 0. The number of anilines is 1. The molecule has 4 nitrogen and oxygen atoms in total. The quantitative estimate of drug-likeness (QED) is 0.761. The molecule has 0 radical (unpaired) electrons. The molecular formula is C15H19BrClF3N2O2. The Morgan fingerprint density at radius 2 is 1.96 bits per heavy atom. The monoisotopic (exact) mass is 430 g/mol. The molecule has 1 fully saturated rings. The summed E-state index contributed by atoms with van der Waals surface area (Å²) in [6.07, 6.45) is -3.32. The largest absolute Gasteiger partial charge is 0.416 e. The van der Waals surface area contributed by atoms with Gasteiger partial charge in [-0.25, -0.2) is 0 Å². The maximum absolute atomic E-state index is 12.9. The second-order valence-electron chi connectivity index (χ2n) is 5.64. The van der Waals surface area contributed by atoms with Gasteiger partial charge in [0.2, 0.25) is 5.91 Å². The van der Waals surface area contributed by atoms with E-state index >= 15 is 0 Å². The summed E-state index contributed by atoms with van der Waals surface area (Å²) in [5.41, 5.74) is -1.42. The normalized spacial score (nSPS) is 17.0. The zero-order chi connectivity index (χ0) is 17.1. The van der Waals surface area contributed by atoms with Crippen molar-refractivity contribution >= 4 is 39.9 Å². The van der Waals surface area contributed by atoms with Gasteiger partial charge in [0.25, 0.3) is 0 Å². The first-order valence-corrected chi connectivity index (χ1v) is 7.95. The van der Waals surface area contributed by atoms with Gasteiger partial charge in [0, 0.05) is 17.3 Å². The molecule has 0 aromatic heterocycles. The smallest absolute Gasteiger partial charge is 0.384 e. The first-order chi connectivity index (χ1) is 10.8. The van der Waals surface area contributed by atoms with E-state index in [9.17, 15) is 18.0 Å². The lowest BCUT2D eigenvalue weighted by atomic mass is 9.78. The zero-order valence-corrected chi connectivity index (χ0v) is 15.4. The summed E-state index contributed by atoms with van der Waals surface area (Å²) in [5.74, 6) is -0.313. The van der Waals surface area contributed by atoms with E-state index in [1.165, 1.54) is 13.2 Å². The summed E-state index contributed by atoms with van der Waals surface area (Å²) in [6, 6.07) is 3.37. The molecule has 1 heterocycles. The number of halogens is 5. The van der Waals surface area contributed by atoms with Crippen molar-refractivity contribution in [3.05, 3.63) is 28.2 Å². The molecule has 0 saturated carbocycles. The lowest BCUT2D eigenvalue weighted by Crippen LogP contribution is -2.47. The molecule has 0 unspecified atom stereocenters. The topological polar surface area (TPSA) is 50.4 Å². The van der Waals surface area contributed by atoms with Gasteiger partial charge in [-0.05, 0) is 44.1 Å². The number of methoxy groups -OCH3 is 1. The molecule has 1 aliphatic rings. The van der Waals surface area contributed by atoms with Crippen molar-refractivity contribution < 1.29 is 22.7 Å². The molecule has 1 saturated heterocycles. The van der Waals surface area contributed by atoms with Gasteiger partial charge in [0.05, 0.1) is 17.6 Å². The average Bonchev–Trinajstić information content (AvgIpc) is 2.47. The van der Waals surface area contributed by atoms with Crippen molar-refractivity contribution in [1.82, 2.24) is 5.32 Å². The van der Waals surface area contributed by atoms with E-state index in [0.29, 0.717) is 25.9 Å². The maximum atomic E-state index is 12.9. The van der Waals surface area contributed by atoms with Gasteiger partial charge in [-0.15, -0.1) is 12.4 Å². The molecule has 24 heavy (non-hydrogen) atoms. The zero-order valence-electron chi connectivity index (χ0n) is 13.0. The summed E-state index contributed by atoms with van der Waals surface area (Å²) in [5, 5.41) is 5.78. The number of alkyl halides is 3. The molecule has 9 heteroatoms. The number of rotatable bonds is 4. The van der Waals surface area contributed by atoms with E-state index < -0.39 is 17.2 Å². The number of benzene rings is 1. The second-order valence-corrected chi connectivity index (χ2v) is 6.56. The van der Waals surface area contributed by atoms with Crippen LogP contribution in [-0.4, -0.2) is 32.7 Å². The highest BCUT2D eigenvalue weighted by Crippen LogP contribution is 2.35. The predicted molar refractivity (Wildman–Crippen MR) is 91.4 cm³/mol. The summed E-state index contributed by atoms with van der Waals surface area (Å²) >= 11 is 3.05. The number of carbonyl (C=O) groups is 1. The fourth-order valence-electron chi connectivity index (χ4n) is 2.71. The average molecular weight is 432 g/mol. The molecule has 2 rings (SSSR count). The van der Waals surface area contributed by atoms with Gasteiger partial charge >= 0.3 is 6.18 Å². The van der Waals surface area contributed by atoms with Gasteiger partial charge in [0.1, 0.15) is 0 Å². The Labute approximate surface area is 153 Å². The minimum atomic E-state index is -4.47. The Hall–Kier alpha value is -0.830. The number of carbonyl (C=O) groups excluding carboxylic acids is 1. The van der Waals surface area contributed by atoms with Crippen molar-refractivity contribution in [1.29, 1.82) is 0 Å². The minimum Gasteiger partial charge on any atom is -0.384 e. The van der Waals surface area contributed by atoms with E-state index in [4.69, 9.17) is 4.74 Å². The van der Waals surface area contributed by atoms with Crippen LogP contribution in [0.4, 0.5) is 18.9 Å². The highest BCUT2D eigenvalue weighted by atomic mass is 79.9. The van der Waals surface area contributed by atoms with E-state index in [0.717, 1.165) is 12.1 Å². The van der Waals surface area contributed by atoms with Crippen molar-refractivity contribution in [3.8, 4) is 0 Å². The Bertz CT molecular complexity index is 573. The highest BCUT2D eigenvalue weighted by molar-refractivity contribution is 9.10. The van der Waals surface area contributed by atoms with Crippen LogP contribution in [-0.2, 0) is 15.7 Å². The molecule has 0 aliphatic carbocycles. The van der Waals surface area contributed by atoms with E-state index in [1.807, 2.05) is 0 Å². The summed E-state index contributed by atoms with van der Waals surface area (Å²) in [6.45, 7) is 1.58. The van der Waals surface area contributed by atoms with Gasteiger partial charge < -0.3 is 15.4 Å². The van der Waals surface area contributed by atoms with Crippen LogP contribution >= 0.6 is 28.3 Å². The first-order valence-electron chi connectivity index (χ1n) is 7.16. The van der Waals surface area contributed by atoms with Crippen LogP contribution < -0.4 is 10.6 Å². The third-order valence-electron chi connectivity index (χ3n) is 3.95. The van der Waals surface area contributed by atoms with Crippen molar-refractivity contribution in [3.63, 3.8) is 0 Å². The molecule has 1 amide bonds. The van der Waals surface area contributed by atoms with Crippen LogP contribution in [0, 0.1) is 5.41 Å². The van der Waals surface area contributed by atoms with Crippen molar-refractivity contribution in [2.24, 2.45) is 5.41 Å². The highest BCUT2D eigenvalue weighted by Gasteiger charge is 2.40. The number of ether oxygens (including phenoxy) is 1. The van der Waals surface area contributed by atoms with Crippen LogP contribution in [0.1, 0.15) is 18.4 Å². The van der Waals surface area contributed by atoms with Gasteiger partial charge in [-0.3, -0.25) is 4.79 Å². The second kappa shape index (κ2) is 8.51. The van der Waals surface area contributed by atoms with Crippen LogP contribution in [0.5, 0.6) is 0 Å². The molecular weight excluding hydrogens is 413 g/mol. The predicted octanol–water partition coefficient (Wildman–Crippen LogP) is 3.84. The van der Waals surface area contributed by atoms with Crippen molar-refractivity contribution in [2.75, 3.05) is 32.1 Å². The van der Waals surface area contributed by atoms with Gasteiger partial charge in [0.15, 0.2) is 0 Å². The van der Waals surface area contributed by atoms with Crippen LogP contribution in [0.2, 0.25) is 0 Å². The number of amides is 1.